The minimum Gasteiger partial charge on any atom is -0.399 e. The Balaban J connectivity index is 2.24. The van der Waals surface area contributed by atoms with Crippen LogP contribution in [0.3, 0.4) is 0 Å². The van der Waals surface area contributed by atoms with Gasteiger partial charge in [-0.25, -0.2) is 8.78 Å². The second kappa shape index (κ2) is 4.05. The van der Waals surface area contributed by atoms with E-state index in [2.05, 4.69) is 5.16 Å². The van der Waals surface area contributed by atoms with Gasteiger partial charge in [0.1, 0.15) is 24.5 Å². The molecule has 0 amide bonds. The highest BCUT2D eigenvalue weighted by atomic mass is 19.1. The van der Waals surface area contributed by atoms with Crippen molar-refractivity contribution in [3.63, 3.8) is 0 Å². The lowest BCUT2D eigenvalue weighted by molar-refractivity contribution is 0.214. The van der Waals surface area contributed by atoms with Crippen LogP contribution in [0.2, 0.25) is 0 Å². The SMILES string of the molecule is CO/N=C1\C2=C(CCC(F)=C2)c2ccc(F)cc21. The van der Waals surface area contributed by atoms with Crippen molar-refractivity contribution < 1.29 is 13.6 Å². The van der Waals surface area contributed by atoms with Crippen LogP contribution in [0.5, 0.6) is 0 Å². The zero-order valence-electron chi connectivity index (χ0n) is 9.84. The van der Waals surface area contributed by atoms with Crippen molar-refractivity contribution in [3.05, 3.63) is 52.6 Å². The fourth-order valence-corrected chi connectivity index (χ4v) is 2.50. The van der Waals surface area contributed by atoms with Gasteiger partial charge in [-0.15, -0.1) is 0 Å². The molecule has 18 heavy (non-hydrogen) atoms. The summed E-state index contributed by atoms with van der Waals surface area (Å²) in [5.41, 5.74) is 3.83. The van der Waals surface area contributed by atoms with Gasteiger partial charge in [0.25, 0.3) is 0 Å². The monoisotopic (exact) mass is 247 g/mol. The molecule has 1 aromatic rings. The third-order valence-corrected chi connectivity index (χ3v) is 3.24. The fraction of sp³-hybridized carbons (Fsp3) is 0.214. The Kier molecular flexibility index (Phi) is 2.51. The minimum absolute atomic E-state index is 0.175. The highest BCUT2D eigenvalue weighted by Crippen LogP contribution is 2.41. The molecule has 0 atom stereocenters. The molecule has 2 aliphatic carbocycles. The smallest absolute Gasteiger partial charge is 0.123 e. The first-order valence-corrected chi connectivity index (χ1v) is 5.71. The van der Waals surface area contributed by atoms with E-state index < -0.39 is 0 Å². The summed E-state index contributed by atoms with van der Waals surface area (Å²) < 4.78 is 26.7. The van der Waals surface area contributed by atoms with Gasteiger partial charge in [-0.2, -0.15) is 0 Å². The molecule has 4 heteroatoms. The first kappa shape index (κ1) is 11.1. The molecule has 0 saturated carbocycles. The molecule has 0 saturated heterocycles. The number of halogens is 2. The number of rotatable bonds is 1. The summed E-state index contributed by atoms with van der Waals surface area (Å²) in [6, 6.07) is 4.54. The number of oxime groups is 1. The first-order valence-electron chi connectivity index (χ1n) is 5.71. The van der Waals surface area contributed by atoms with Crippen LogP contribution in [0.15, 0.2) is 40.8 Å². The van der Waals surface area contributed by atoms with E-state index in [-0.39, 0.29) is 11.6 Å². The molecule has 1 aromatic carbocycles. The normalized spacial score (nSPS) is 19.7. The van der Waals surface area contributed by atoms with Crippen LogP contribution in [-0.4, -0.2) is 12.8 Å². The van der Waals surface area contributed by atoms with Gasteiger partial charge in [0, 0.05) is 17.6 Å². The Morgan fingerprint density at radius 2 is 2.00 bits per heavy atom. The van der Waals surface area contributed by atoms with Crippen molar-refractivity contribution in [2.45, 2.75) is 12.8 Å². The van der Waals surface area contributed by atoms with E-state index in [1.165, 1.54) is 25.3 Å². The molecule has 0 spiro atoms. The molecular formula is C14H11F2NO. The summed E-state index contributed by atoms with van der Waals surface area (Å²) in [5, 5.41) is 3.91. The number of hydrogen-bond acceptors (Lipinski definition) is 2. The van der Waals surface area contributed by atoms with E-state index in [9.17, 15) is 8.78 Å². The molecule has 0 aliphatic heterocycles. The first-order chi connectivity index (χ1) is 8.70. The molecule has 92 valence electrons. The van der Waals surface area contributed by atoms with Gasteiger partial charge in [0.2, 0.25) is 0 Å². The molecule has 0 radical (unpaired) electrons. The molecule has 0 unspecified atom stereocenters. The minimum atomic E-state index is -0.332. The third kappa shape index (κ3) is 1.56. The van der Waals surface area contributed by atoms with E-state index >= 15 is 0 Å². The lowest BCUT2D eigenvalue weighted by atomic mass is 9.96. The zero-order valence-corrected chi connectivity index (χ0v) is 9.84. The van der Waals surface area contributed by atoms with Crippen molar-refractivity contribution in [3.8, 4) is 0 Å². The Hall–Kier alpha value is -1.97. The highest BCUT2D eigenvalue weighted by Gasteiger charge is 2.30. The molecule has 0 bridgehead atoms. The van der Waals surface area contributed by atoms with Crippen LogP contribution in [-0.2, 0) is 4.84 Å². The van der Waals surface area contributed by atoms with Gasteiger partial charge in [0.05, 0.1) is 0 Å². The van der Waals surface area contributed by atoms with Gasteiger partial charge in [-0.05, 0) is 35.8 Å². The molecule has 0 heterocycles. The van der Waals surface area contributed by atoms with Crippen molar-refractivity contribution in [2.75, 3.05) is 7.11 Å². The Labute approximate surface area is 103 Å². The molecule has 0 fully saturated rings. The number of benzene rings is 1. The maximum Gasteiger partial charge on any atom is 0.123 e. The van der Waals surface area contributed by atoms with Gasteiger partial charge in [-0.3, -0.25) is 0 Å². The summed E-state index contributed by atoms with van der Waals surface area (Å²) in [7, 11) is 1.42. The lowest BCUT2D eigenvalue weighted by Crippen LogP contribution is -2.02. The quantitative estimate of drug-likeness (QED) is 0.695. The molecule has 0 N–H and O–H groups in total. The predicted octanol–water partition coefficient (Wildman–Crippen LogP) is 3.59. The van der Waals surface area contributed by atoms with E-state index in [0.717, 1.165) is 11.1 Å². The molecule has 2 aliphatic rings. The number of allylic oxidation sites excluding steroid dienone is 4. The summed E-state index contributed by atoms with van der Waals surface area (Å²) >= 11 is 0. The Morgan fingerprint density at radius 3 is 2.78 bits per heavy atom. The topological polar surface area (TPSA) is 21.6 Å². The lowest BCUT2D eigenvalue weighted by Gasteiger charge is -2.10. The largest absolute Gasteiger partial charge is 0.399 e. The number of fused-ring (bicyclic) bond motifs is 2. The average Bonchev–Trinajstić information content (AvgIpc) is 2.63. The molecule has 3 rings (SSSR count). The molecule has 2 nitrogen and oxygen atoms in total. The van der Waals surface area contributed by atoms with Crippen molar-refractivity contribution in [2.24, 2.45) is 5.16 Å². The van der Waals surface area contributed by atoms with Crippen molar-refractivity contribution in [1.29, 1.82) is 0 Å². The summed E-state index contributed by atoms with van der Waals surface area (Å²) in [6.45, 7) is 0. The van der Waals surface area contributed by atoms with E-state index in [4.69, 9.17) is 4.84 Å². The summed E-state index contributed by atoms with van der Waals surface area (Å²) in [4.78, 5) is 4.79. The van der Waals surface area contributed by atoms with Crippen molar-refractivity contribution >= 4 is 11.3 Å². The van der Waals surface area contributed by atoms with Crippen LogP contribution < -0.4 is 0 Å². The van der Waals surface area contributed by atoms with Gasteiger partial charge in [0.15, 0.2) is 0 Å². The Morgan fingerprint density at radius 1 is 1.17 bits per heavy atom. The fourth-order valence-electron chi connectivity index (χ4n) is 2.50. The molecule has 0 aromatic heterocycles. The van der Waals surface area contributed by atoms with Gasteiger partial charge < -0.3 is 4.84 Å². The summed E-state index contributed by atoms with van der Waals surface area (Å²) in [6.07, 6.45) is 2.46. The van der Waals surface area contributed by atoms with Crippen LogP contribution in [0.4, 0.5) is 8.78 Å². The van der Waals surface area contributed by atoms with E-state index in [1.807, 2.05) is 0 Å². The van der Waals surface area contributed by atoms with Crippen LogP contribution in [0.1, 0.15) is 24.0 Å². The van der Waals surface area contributed by atoms with Crippen LogP contribution in [0, 0.1) is 5.82 Å². The van der Waals surface area contributed by atoms with E-state index in [1.54, 1.807) is 6.07 Å². The number of hydrogen-bond donors (Lipinski definition) is 0. The summed E-state index contributed by atoms with van der Waals surface area (Å²) in [5.74, 6) is -0.507. The Bertz CT molecular complexity index is 614. The van der Waals surface area contributed by atoms with Crippen LogP contribution >= 0.6 is 0 Å². The maximum absolute atomic E-state index is 13.4. The van der Waals surface area contributed by atoms with Gasteiger partial charge in [-0.1, -0.05) is 11.2 Å². The van der Waals surface area contributed by atoms with Crippen LogP contribution in [0.25, 0.3) is 5.57 Å². The standard InChI is InChI=1S/C14H11F2NO/c1-18-17-14-12-6-8(15)2-4-10(12)11-5-3-9(16)7-13(11)14/h2,4,6-7H,3,5H2,1H3/b17-14-. The third-order valence-electron chi connectivity index (χ3n) is 3.24. The molecular weight excluding hydrogens is 236 g/mol. The second-order valence-corrected chi connectivity index (χ2v) is 4.30. The predicted molar refractivity (Wildman–Crippen MR) is 65.3 cm³/mol. The second-order valence-electron chi connectivity index (χ2n) is 4.30. The highest BCUT2D eigenvalue weighted by molar-refractivity contribution is 6.25. The van der Waals surface area contributed by atoms with Crippen molar-refractivity contribution in [1.82, 2.24) is 0 Å². The van der Waals surface area contributed by atoms with E-state index in [0.29, 0.717) is 29.7 Å². The number of nitrogens with zero attached hydrogens (tertiary/aromatic N) is 1. The zero-order chi connectivity index (χ0) is 12.7. The van der Waals surface area contributed by atoms with Gasteiger partial charge >= 0.3 is 0 Å². The average molecular weight is 247 g/mol. The maximum atomic E-state index is 13.4.